The first-order chi connectivity index (χ1) is 8.86. The lowest BCUT2D eigenvalue weighted by atomic mass is 9.97. The molecule has 0 radical (unpaired) electrons. The SMILES string of the molecule is C(#CC1(Cc2ccccc2)CC1)c1ccccc1. The molecule has 0 unspecified atom stereocenters. The molecular formula is C18H16. The minimum absolute atomic E-state index is 0.247. The number of rotatable bonds is 2. The van der Waals surface area contributed by atoms with Gasteiger partial charge in [0.25, 0.3) is 0 Å². The number of hydrogen-bond donors (Lipinski definition) is 0. The lowest BCUT2D eigenvalue weighted by Gasteiger charge is -2.06. The monoisotopic (exact) mass is 232 g/mol. The Labute approximate surface area is 109 Å². The van der Waals surface area contributed by atoms with Crippen LogP contribution in [0.1, 0.15) is 24.0 Å². The fourth-order valence-corrected chi connectivity index (χ4v) is 2.21. The first-order valence-corrected chi connectivity index (χ1v) is 6.49. The van der Waals surface area contributed by atoms with Crippen molar-refractivity contribution in [3.8, 4) is 11.8 Å². The molecule has 1 fully saturated rings. The largest absolute Gasteiger partial charge is 0.0907 e. The van der Waals surface area contributed by atoms with Gasteiger partial charge in [-0.25, -0.2) is 0 Å². The van der Waals surface area contributed by atoms with Crippen LogP contribution in [0.15, 0.2) is 60.7 Å². The van der Waals surface area contributed by atoms with E-state index in [4.69, 9.17) is 0 Å². The van der Waals surface area contributed by atoms with Crippen molar-refractivity contribution in [2.75, 3.05) is 0 Å². The highest BCUT2D eigenvalue weighted by Crippen LogP contribution is 2.47. The van der Waals surface area contributed by atoms with Crippen molar-refractivity contribution < 1.29 is 0 Å². The molecule has 2 aromatic rings. The van der Waals surface area contributed by atoms with Gasteiger partial charge in [-0.3, -0.25) is 0 Å². The van der Waals surface area contributed by atoms with E-state index < -0.39 is 0 Å². The highest BCUT2D eigenvalue weighted by molar-refractivity contribution is 5.38. The minimum Gasteiger partial charge on any atom is -0.0907 e. The van der Waals surface area contributed by atoms with Crippen LogP contribution in [0.25, 0.3) is 0 Å². The second kappa shape index (κ2) is 4.70. The molecule has 0 nitrogen and oxygen atoms in total. The van der Waals surface area contributed by atoms with E-state index in [-0.39, 0.29) is 5.41 Å². The Kier molecular flexibility index (Phi) is 2.90. The van der Waals surface area contributed by atoms with Crippen molar-refractivity contribution in [2.24, 2.45) is 5.41 Å². The Balaban J connectivity index is 1.75. The maximum Gasteiger partial charge on any atom is 0.0359 e. The molecule has 0 amide bonds. The molecule has 0 saturated heterocycles. The average Bonchev–Trinajstić information content (AvgIpc) is 3.19. The van der Waals surface area contributed by atoms with Crippen LogP contribution in [0.5, 0.6) is 0 Å². The Hall–Kier alpha value is -2.00. The molecule has 88 valence electrons. The average molecular weight is 232 g/mol. The van der Waals surface area contributed by atoms with Crippen LogP contribution in [0.3, 0.4) is 0 Å². The van der Waals surface area contributed by atoms with Crippen molar-refractivity contribution in [2.45, 2.75) is 19.3 Å². The van der Waals surface area contributed by atoms with E-state index in [1.54, 1.807) is 0 Å². The maximum absolute atomic E-state index is 3.48. The molecule has 2 aromatic carbocycles. The molecule has 1 aliphatic rings. The van der Waals surface area contributed by atoms with Gasteiger partial charge in [0.15, 0.2) is 0 Å². The molecule has 0 N–H and O–H groups in total. The molecule has 18 heavy (non-hydrogen) atoms. The number of hydrogen-bond acceptors (Lipinski definition) is 0. The summed E-state index contributed by atoms with van der Waals surface area (Å²) in [6.07, 6.45) is 3.57. The lowest BCUT2D eigenvalue weighted by Crippen LogP contribution is -2.01. The van der Waals surface area contributed by atoms with Crippen LogP contribution < -0.4 is 0 Å². The van der Waals surface area contributed by atoms with Gasteiger partial charge in [-0.05, 0) is 37.0 Å². The molecule has 1 saturated carbocycles. The first kappa shape index (κ1) is 11.1. The van der Waals surface area contributed by atoms with Crippen molar-refractivity contribution in [3.05, 3.63) is 71.8 Å². The molecule has 3 rings (SSSR count). The van der Waals surface area contributed by atoms with Gasteiger partial charge in [-0.1, -0.05) is 60.4 Å². The van der Waals surface area contributed by atoms with Gasteiger partial charge in [0.05, 0.1) is 0 Å². The smallest absolute Gasteiger partial charge is 0.0359 e. The minimum atomic E-state index is 0.247. The summed E-state index contributed by atoms with van der Waals surface area (Å²) in [6.45, 7) is 0. The van der Waals surface area contributed by atoms with E-state index in [0.29, 0.717) is 0 Å². The van der Waals surface area contributed by atoms with Crippen molar-refractivity contribution >= 4 is 0 Å². The Morgan fingerprint density at radius 3 is 2.06 bits per heavy atom. The van der Waals surface area contributed by atoms with Gasteiger partial charge >= 0.3 is 0 Å². The summed E-state index contributed by atoms with van der Waals surface area (Å²) in [4.78, 5) is 0. The fraction of sp³-hybridized carbons (Fsp3) is 0.222. The molecule has 0 aromatic heterocycles. The third kappa shape index (κ3) is 2.63. The van der Waals surface area contributed by atoms with Gasteiger partial charge in [-0.15, -0.1) is 0 Å². The number of benzene rings is 2. The van der Waals surface area contributed by atoms with E-state index in [0.717, 1.165) is 12.0 Å². The van der Waals surface area contributed by atoms with Crippen LogP contribution in [-0.4, -0.2) is 0 Å². The Morgan fingerprint density at radius 1 is 0.833 bits per heavy atom. The summed E-state index contributed by atoms with van der Waals surface area (Å²) in [5.41, 5.74) is 2.77. The van der Waals surface area contributed by atoms with E-state index in [9.17, 15) is 0 Å². The second-order valence-corrected chi connectivity index (χ2v) is 5.06. The molecule has 1 aliphatic carbocycles. The normalized spacial score (nSPS) is 15.6. The maximum atomic E-state index is 3.48. The molecular weight excluding hydrogens is 216 g/mol. The standard InChI is InChI=1S/C18H16/c1-3-7-16(8-4-1)11-12-18(13-14-18)15-17-9-5-2-6-10-17/h1-10H,13-15H2. The molecule has 0 atom stereocenters. The van der Waals surface area contributed by atoms with Crippen LogP contribution in [0.4, 0.5) is 0 Å². The first-order valence-electron chi connectivity index (χ1n) is 6.49. The van der Waals surface area contributed by atoms with Crippen LogP contribution in [0, 0.1) is 17.3 Å². The van der Waals surface area contributed by atoms with Gasteiger partial charge in [0, 0.05) is 11.0 Å². The van der Waals surface area contributed by atoms with Gasteiger partial charge in [0.1, 0.15) is 0 Å². The zero-order valence-corrected chi connectivity index (χ0v) is 10.4. The predicted molar refractivity (Wildman–Crippen MR) is 75.1 cm³/mol. The summed E-state index contributed by atoms with van der Waals surface area (Å²) < 4.78 is 0. The van der Waals surface area contributed by atoms with Crippen LogP contribution in [-0.2, 0) is 6.42 Å². The van der Waals surface area contributed by atoms with Crippen LogP contribution in [0.2, 0.25) is 0 Å². The molecule has 0 bridgehead atoms. The predicted octanol–water partition coefficient (Wildman–Crippen LogP) is 4.06. The molecule has 0 spiro atoms. The fourth-order valence-electron chi connectivity index (χ4n) is 2.21. The third-order valence-corrected chi connectivity index (χ3v) is 3.48. The van der Waals surface area contributed by atoms with Gasteiger partial charge in [-0.2, -0.15) is 0 Å². The Morgan fingerprint density at radius 2 is 1.44 bits per heavy atom. The zero-order valence-electron chi connectivity index (χ0n) is 10.4. The zero-order chi connectivity index (χ0) is 12.3. The van der Waals surface area contributed by atoms with E-state index in [1.807, 2.05) is 18.2 Å². The summed E-state index contributed by atoms with van der Waals surface area (Å²) in [6, 6.07) is 20.9. The van der Waals surface area contributed by atoms with Crippen molar-refractivity contribution in [3.63, 3.8) is 0 Å². The summed E-state index contributed by atoms with van der Waals surface area (Å²) in [5, 5.41) is 0. The third-order valence-electron chi connectivity index (χ3n) is 3.48. The highest BCUT2D eigenvalue weighted by Gasteiger charge is 2.40. The van der Waals surface area contributed by atoms with Gasteiger partial charge < -0.3 is 0 Å². The second-order valence-electron chi connectivity index (χ2n) is 5.06. The molecule has 0 heterocycles. The van der Waals surface area contributed by atoms with E-state index >= 15 is 0 Å². The quantitative estimate of drug-likeness (QED) is 0.685. The van der Waals surface area contributed by atoms with E-state index in [2.05, 4.69) is 54.3 Å². The van der Waals surface area contributed by atoms with E-state index in [1.165, 1.54) is 18.4 Å². The van der Waals surface area contributed by atoms with Gasteiger partial charge in [0.2, 0.25) is 0 Å². The van der Waals surface area contributed by atoms with Crippen molar-refractivity contribution in [1.82, 2.24) is 0 Å². The summed E-state index contributed by atoms with van der Waals surface area (Å²) in [5.74, 6) is 6.80. The molecule has 0 aliphatic heterocycles. The highest BCUT2D eigenvalue weighted by atomic mass is 14.4. The lowest BCUT2D eigenvalue weighted by molar-refractivity contribution is 0.676. The van der Waals surface area contributed by atoms with Crippen LogP contribution >= 0.6 is 0 Å². The summed E-state index contributed by atoms with van der Waals surface area (Å²) >= 11 is 0. The molecule has 0 heteroatoms. The topological polar surface area (TPSA) is 0 Å². The van der Waals surface area contributed by atoms with Crippen molar-refractivity contribution in [1.29, 1.82) is 0 Å². The summed E-state index contributed by atoms with van der Waals surface area (Å²) in [7, 11) is 0. The Bertz CT molecular complexity index is 566.